The first-order chi connectivity index (χ1) is 11.7. The van der Waals surface area contributed by atoms with Crippen LogP contribution in [-0.2, 0) is 9.53 Å². The first kappa shape index (κ1) is 16.3. The molecule has 2 saturated heterocycles. The van der Waals surface area contributed by atoms with Crippen LogP contribution in [-0.4, -0.2) is 77.8 Å². The zero-order chi connectivity index (χ0) is 16.9. The topological polar surface area (TPSA) is 94.1 Å². The molecule has 2 amide bonds. The molecular formula is C15H20N4O5. The maximum Gasteiger partial charge on any atom is 0.410 e. The molecule has 24 heavy (non-hydrogen) atoms. The molecule has 1 aromatic rings. The average Bonchev–Trinajstić information content (AvgIpc) is 3.00. The molecule has 0 saturated carbocycles. The van der Waals surface area contributed by atoms with Gasteiger partial charge in [-0.15, -0.1) is 0 Å². The molecule has 0 radical (unpaired) electrons. The van der Waals surface area contributed by atoms with Crippen LogP contribution in [0, 0.1) is 0 Å². The van der Waals surface area contributed by atoms with Crippen LogP contribution >= 0.6 is 0 Å². The lowest BCUT2D eigenvalue weighted by Gasteiger charge is -2.33. The fourth-order valence-electron chi connectivity index (χ4n) is 2.75. The number of ether oxygens (including phenoxy) is 3. The summed E-state index contributed by atoms with van der Waals surface area (Å²) in [7, 11) is 1.49. The molecule has 0 spiro atoms. The molecule has 1 atom stereocenters. The maximum absolute atomic E-state index is 12.4. The van der Waals surface area contributed by atoms with Gasteiger partial charge in [0.05, 0.1) is 20.2 Å². The third-order valence-corrected chi connectivity index (χ3v) is 3.98. The highest BCUT2D eigenvalue weighted by Gasteiger charge is 2.29. The van der Waals surface area contributed by atoms with E-state index >= 15 is 0 Å². The minimum Gasteiger partial charge on any atom is -0.472 e. The molecule has 9 nitrogen and oxygen atoms in total. The number of methoxy groups -OCH3 is 1. The van der Waals surface area contributed by atoms with Gasteiger partial charge in [-0.3, -0.25) is 9.69 Å². The predicted octanol–water partition coefficient (Wildman–Crippen LogP) is 0.307. The van der Waals surface area contributed by atoms with Crippen LogP contribution in [0.5, 0.6) is 11.9 Å². The van der Waals surface area contributed by atoms with Gasteiger partial charge in [0.15, 0.2) is 0 Å². The molecule has 0 aromatic carbocycles. The predicted molar refractivity (Wildman–Crippen MR) is 81.7 cm³/mol. The Morgan fingerprint density at radius 3 is 3.08 bits per heavy atom. The van der Waals surface area contributed by atoms with Crippen molar-refractivity contribution in [3.63, 3.8) is 0 Å². The Labute approximate surface area is 139 Å². The van der Waals surface area contributed by atoms with Gasteiger partial charge in [0.1, 0.15) is 19.3 Å². The Balaban J connectivity index is 1.55. The second-order valence-electron chi connectivity index (χ2n) is 5.64. The van der Waals surface area contributed by atoms with Gasteiger partial charge in [-0.25, -0.2) is 9.78 Å². The summed E-state index contributed by atoms with van der Waals surface area (Å²) in [6.07, 6.45) is 2.66. The first-order valence-corrected chi connectivity index (χ1v) is 7.89. The smallest absolute Gasteiger partial charge is 0.410 e. The summed E-state index contributed by atoms with van der Waals surface area (Å²) in [5.74, 6) is 0.326. The van der Waals surface area contributed by atoms with Crippen LogP contribution in [0.2, 0.25) is 0 Å². The van der Waals surface area contributed by atoms with Crippen LogP contribution in [0.4, 0.5) is 4.79 Å². The summed E-state index contributed by atoms with van der Waals surface area (Å²) < 4.78 is 15.7. The number of hydrogen-bond donors (Lipinski definition) is 0. The number of hydrogen-bond acceptors (Lipinski definition) is 7. The molecule has 3 heterocycles. The molecule has 0 bridgehead atoms. The molecule has 1 aromatic heterocycles. The van der Waals surface area contributed by atoms with Crippen LogP contribution in [0.15, 0.2) is 12.3 Å². The quantitative estimate of drug-likeness (QED) is 0.763. The van der Waals surface area contributed by atoms with Crippen molar-refractivity contribution in [1.29, 1.82) is 0 Å². The molecular weight excluding hydrogens is 316 g/mol. The molecule has 130 valence electrons. The van der Waals surface area contributed by atoms with E-state index in [2.05, 4.69) is 9.97 Å². The fourth-order valence-corrected chi connectivity index (χ4v) is 2.75. The molecule has 3 rings (SSSR count). The van der Waals surface area contributed by atoms with Crippen molar-refractivity contribution >= 4 is 12.0 Å². The number of carbonyl (C=O) groups excluding carboxylic acids is 2. The Morgan fingerprint density at radius 2 is 2.33 bits per heavy atom. The van der Waals surface area contributed by atoms with E-state index in [1.807, 2.05) is 0 Å². The van der Waals surface area contributed by atoms with E-state index in [9.17, 15) is 9.59 Å². The summed E-state index contributed by atoms with van der Waals surface area (Å²) in [5, 5.41) is 0. The molecule has 2 fully saturated rings. The summed E-state index contributed by atoms with van der Waals surface area (Å²) >= 11 is 0. The number of nitrogens with zero attached hydrogens (tertiary/aromatic N) is 4. The standard InChI is InChI=1S/C15H20N4O5/c1-22-14-16-5-4-12(17-14)24-11-3-2-6-18(9-11)13(20)10-19-7-8-23-15(19)21/h4-5,11H,2-3,6-10H2,1H3. The molecule has 9 heteroatoms. The Bertz CT molecular complexity index is 611. The second-order valence-corrected chi connectivity index (χ2v) is 5.64. The minimum atomic E-state index is -0.429. The molecule has 0 aliphatic carbocycles. The average molecular weight is 336 g/mol. The van der Waals surface area contributed by atoms with E-state index in [0.717, 1.165) is 12.8 Å². The van der Waals surface area contributed by atoms with Gasteiger partial charge in [0.25, 0.3) is 0 Å². The lowest BCUT2D eigenvalue weighted by Crippen LogP contribution is -2.48. The van der Waals surface area contributed by atoms with Crippen molar-refractivity contribution in [1.82, 2.24) is 19.8 Å². The lowest BCUT2D eigenvalue weighted by atomic mass is 10.1. The largest absolute Gasteiger partial charge is 0.472 e. The number of carbonyl (C=O) groups is 2. The van der Waals surface area contributed by atoms with Crippen LogP contribution in [0.25, 0.3) is 0 Å². The number of piperidine rings is 1. The second kappa shape index (κ2) is 7.33. The van der Waals surface area contributed by atoms with Crippen molar-refractivity contribution in [2.75, 3.05) is 39.9 Å². The van der Waals surface area contributed by atoms with Gasteiger partial charge < -0.3 is 19.1 Å². The van der Waals surface area contributed by atoms with Gasteiger partial charge in [-0.1, -0.05) is 0 Å². The Kier molecular flexibility index (Phi) is 4.97. The zero-order valence-corrected chi connectivity index (χ0v) is 13.5. The molecule has 1 unspecified atom stereocenters. The lowest BCUT2D eigenvalue weighted by molar-refractivity contribution is -0.134. The van der Waals surface area contributed by atoms with E-state index in [1.54, 1.807) is 17.2 Å². The summed E-state index contributed by atoms with van der Waals surface area (Å²) in [4.78, 5) is 35.0. The van der Waals surface area contributed by atoms with E-state index in [0.29, 0.717) is 32.1 Å². The number of aromatic nitrogens is 2. The normalized spacial score (nSPS) is 20.7. The number of cyclic esters (lactones) is 1. The number of rotatable bonds is 5. The van der Waals surface area contributed by atoms with Gasteiger partial charge in [-0.05, 0) is 12.8 Å². The Hall–Kier alpha value is -2.58. The van der Waals surface area contributed by atoms with Crippen LogP contribution in [0.1, 0.15) is 12.8 Å². The third-order valence-electron chi connectivity index (χ3n) is 3.98. The van der Waals surface area contributed by atoms with E-state index < -0.39 is 6.09 Å². The number of likely N-dealkylation sites (tertiary alicyclic amines) is 1. The van der Waals surface area contributed by atoms with Crippen LogP contribution < -0.4 is 9.47 Å². The van der Waals surface area contributed by atoms with Crippen LogP contribution in [0.3, 0.4) is 0 Å². The minimum absolute atomic E-state index is 0.0485. The van der Waals surface area contributed by atoms with Crippen molar-refractivity contribution < 1.29 is 23.8 Å². The highest BCUT2D eigenvalue weighted by atomic mass is 16.6. The third kappa shape index (κ3) is 3.84. The molecule has 0 N–H and O–H groups in total. The number of amides is 2. The van der Waals surface area contributed by atoms with E-state index in [1.165, 1.54) is 12.0 Å². The monoisotopic (exact) mass is 336 g/mol. The molecule has 2 aliphatic heterocycles. The SMILES string of the molecule is COc1nccc(OC2CCCN(C(=O)CN3CCOC3=O)C2)n1. The van der Waals surface area contributed by atoms with E-state index in [-0.39, 0.29) is 24.6 Å². The highest BCUT2D eigenvalue weighted by Crippen LogP contribution is 2.18. The molecule has 2 aliphatic rings. The van der Waals surface area contributed by atoms with Gasteiger partial charge in [-0.2, -0.15) is 4.98 Å². The summed E-state index contributed by atoms with van der Waals surface area (Å²) in [5.41, 5.74) is 0. The van der Waals surface area contributed by atoms with Crippen molar-refractivity contribution in [3.05, 3.63) is 12.3 Å². The first-order valence-electron chi connectivity index (χ1n) is 7.89. The zero-order valence-electron chi connectivity index (χ0n) is 13.5. The fraction of sp³-hybridized carbons (Fsp3) is 0.600. The van der Waals surface area contributed by atoms with Crippen molar-refractivity contribution in [3.8, 4) is 11.9 Å². The van der Waals surface area contributed by atoms with E-state index in [4.69, 9.17) is 14.2 Å². The van der Waals surface area contributed by atoms with Gasteiger partial charge in [0, 0.05) is 18.8 Å². The Morgan fingerprint density at radius 1 is 1.46 bits per heavy atom. The van der Waals surface area contributed by atoms with Crippen molar-refractivity contribution in [2.24, 2.45) is 0 Å². The van der Waals surface area contributed by atoms with Gasteiger partial charge >= 0.3 is 12.1 Å². The van der Waals surface area contributed by atoms with Gasteiger partial charge in [0.2, 0.25) is 11.8 Å². The summed E-state index contributed by atoms with van der Waals surface area (Å²) in [6.45, 7) is 1.97. The summed E-state index contributed by atoms with van der Waals surface area (Å²) in [6, 6.07) is 1.90. The highest BCUT2D eigenvalue weighted by molar-refractivity contribution is 5.83. The van der Waals surface area contributed by atoms with Crippen molar-refractivity contribution in [2.45, 2.75) is 18.9 Å². The maximum atomic E-state index is 12.4.